The van der Waals surface area contributed by atoms with E-state index in [4.69, 9.17) is 23.8 Å². The number of hydrogen-bond acceptors (Lipinski definition) is 3. The molecule has 3 N–H and O–H groups in total. The Morgan fingerprint density at radius 3 is 2.68 bits per heavy atom. The maximum Gasteiger partial charge on any atom is 0.240 e. The van der Waals surface area contributed by atoms with Crippen LogP contribution in [0.4, 0.5) is 5.69 Å². The maximum atomic E-state index is 12.5. The quantitative estimate of drug-likeness (QED) is 0.528. The number of carbonyl (C=O) groups excluding carboxylic acids is 2. The van der Waals surface area contributed by atoms with Crippen molar-refractivity contribution in [1.82, 2.24) is 15.8 Å². The van der Waals surface area contributed by atoms with Crippen molar-refractivity contribution < 1.29 is 9.59 Å². The Morgan fingerprint density at radius 2 is 1.93 bits per heavy atom. The standard InChI is InChI=1S/C20H19ClN4O2S/c1-13(26)25-10-9-14-5-2-3-8-17(14)18(25)12-19(27)23-24-20(28)22-16-7-4-6-15(21)11-16/h2-11,18H,12H2,1H3,(H,23,27)(H2,22,24,28)/t18-/m1/s1. The number of benzene rings is 2. The van der Waals surface area contributed by atoms with E-state index in [1.807, 2.05) is 30.3 Å². The van der Waals surface area contributed by atoms with Crippen molar-refractivity contribution in [3.8, 4) is 0 Å². The molecule has 0 saturated heterocycles. The molecule has 28 heavy (non-hydrogen) atoms. The van der Waals surface area contributed by atoms with Gasteiger partial charge in [0, 0.05) is 23.8 Å². The lowest BCUT2D eigenvalue weighted by atomic mass is 9.93. The molecule has 0 spiro atoms. The van der Waals surface area contributed by atoms with Crippen molar-refractivity contribution in [2.45, 2.75) is 19.4 Å². The molecule has 0 aliphatic carbocycles. The van der Waals surface area contributed by atoms with E-state index in [1.165, 1.54) is 6.92 Å². The maximum absolute atomic E-state index is 12.5. The van der Waals surface area contributed by atoms with Crippen molar-refractivity contribution >= 4 is 52.5 Å². The molecular weight excluding hydrogens is 396 g/mol. The Morgan fingerprint density at radius 1 is 1.14 bits per heavy atom. The second-order valence-electron chi connectivity index (χ2n) is 6.23. The average Bonchev–Trinajstić information content (AvgIpc) is 2.66. The predicted molar refractivity (Wildman–Crippen MR) is 114 cm³/mol. The van der Waals surface area contributed by atoms with Gasteiger partial charge in [-0.05, 0) is 47.6 Å². The first-order chi connectivity index (χ1) is 13.4. The van der Waals surface area contributed by atoms with Crippen LogP contribution in [0.15, 0.2) is 54.7 Å². The SMILES string of the molecule is CC(=O)N1C=Cc2ccccc2[C@H]1CC(=O)NNC(=S)Nc1cccc(Cl)c1. The van der Waals surface area contributed by atoms with Crippen LogP contribution in [0.3, 0.4) is 0 Å². The molecule has 0 unspecified atom stereocenters. The van der Waals surface area contributed by atoms with Gasteiger partial charge < -0.3 is 10.2 Å². The number of amides is 2. The molecule has 2 aromatic carbocycles. The number of anilines is 1. The molecule has 2 amide bonds. The first-order valence-electron chi connectivity index (χ1n) is 8.61. The minimum Gasteiger partial charge on any atom is -0.331 e. The highest BCUT2D eigenvalue weighted by atomic mass is 35.5. The number of thiocarbonyl (C=S) groups is 1. The molecule has 8 heteroatoms. The van der Waals surface area contributed by atoms with E-state index >= 15 is 0 Å². The Bertz CT molecular complexity index is 947. The van der Waals surface area contributed by atoms with Gasteiger partial charge in [-0.15, -0.1) is 0 Å². The third-order valence-corrected chi connectivity index (χ3v) is 4.68. The van der Waals surface area contributed by atoms with Gasteiger partial charge in [-0.2, -0.15) is 0 Å². The summed E-state index contributed by atoms with van der Waals surface area (Å²) in [7, 11) is 0. The fourth-order valence-corrected chi connectivity index (χ4v) is 3.35. The summed E-state index contributed by atoms with van der Waals surface area (Å²) in [4.78, 5) is 26.0. The Balaban J connectivity index is 1.61. The van der Waals surface area contributed by atoms with E-state index in [9.17, 15) is 9.59 Å². The van der Waals surface area contributed by atoms with E-state index < -0.39 is 0 Å². The molecule has 1 atom stereocenters. The fraction of sp³-hybridized carbons (Fsp3) is 0.150. The summed E-state index contributed by atoms with van der Waals surface area (Å²) in [5.74, 6) is -0.425. The van der Waals surface area contributed by atoms with Crippen molar-refractivity contribution in [3.05, 3.63) is 70.9 Å². The molecule has 144 valence electrons. The summed E-state index contributed by atoms with van der Waals surface area (Å²) < 4.78 is 0. The number of rotatable bonds is 3. The Hall–Kier alpha value is -2.90. The smallest absolute Gasteiger partial charge is 0.240 e. The van der Waals surface area contributed by atoms with Crippen LogP contribution in [0, 0.1) is 0 Å². The zero-order valence-corrected chi connectivity index (χ0v) is 16.7. The van der Waals surface area contributed by atoms with Crippen molar-refractivity contribution in [3.63, 3.8) is 0 Å². The normalized spacial score (nSPS) is 14.8. The number of halogens is 1. The highest BCUT2D eigenvalue weighted by Crippen LogP contribution is 2.32. The lowest BCUT2D eigenvalue weighted by Gasteiger charge is -2.32. The molecule has 0 bridgehead atoms. The molecule has 1 aliphatic rings. The van der Waals surface area contributed by atoms with Gasteiger partial charge in [-0.25, -0.2) is 0 Å². The molecule has 3 rings (SSSR count). The van der Waals surface area contributed by atoms with Gasteiger partial charge >= 0.3 is 0 Å². The molecule has 0 radical (unpaired) electrons. The number of hydrogen-bond donors (Lipinski definition) is 3. The van der Waals surface area contributed by atoms with Crippen LogP contribution >= 0.6 is 23.8 Å². The number of carbonyl (C=O) groups is 2. The summed E-state index contributed by atoms with van der Waals surface area (Å²) in [5.41, 5.74) is 7.85. The molecule has 0 saturated carbocycles. The minimum absolute atomic E-state index is 0.0910. The molecule has 2 aromatic rings. The summed E-state index contributed by atoms with van der Waals surface area (Å²) in [6, 6.07) is 14.4. The average molecular weight is 415 g/mol. The fourth-order valence-electron chi connectivity index (χ4n) is 2.99. The van der Waals surface area contributed by atoms with Gasteiger partial charge in [0.25, 0.3) is 0 Å². The highest BCUT2D eigenvalue weighted by Gasteiger charge is 2.28. The first kappa shape index (κ1) is 19.9. The second kappa shape index (κ2) is 8.86. The van der Waals surface area contributed by atoms with Crippen LogP contribution in [0.1, 0.15) is 30.5 Å². The van der Waals surface area contributed by atoms with Gasteiger partial charge in [0.1, 0.15) is 0 Å². The van der Waals surface area contributed by atoms with Crippen LogP contribution in [-0.4, -0.2) is 21.8 Å². The summed E-state index contributed by atoms with van der Waals surface area (Å²) in [6.07, 6.45) is 3.67. The summed E-state index contributed by atoms with van der Waals surface area (Å²) in [6.45, 7) is 1.48. The number of nitrogens with one attached hydrogen (secondary N) is 3. The molecule has 0 fully saturated rings. The topological polar surface area (TPSA) is 73.5 Å². The lowest BCUT2D eigenvalue weighted by molar-refractivity contribution is -0.130. The van der Waals surface area contributed by atoms with Gasteiger partial charge in [-0.1, -0.05) is 41.9 Å². The van der Waals surface area contributed by atoms with E-state index in [2.05, 4.69) is 16.2 Å². The summed E-state index contributed by atoms with van der Waals surface area (Å²) in [5, 5.41) is 3.73. The number of hydrazine groups is 1. The van der Waals surface area contributed by atoms with Crippen LogP contribution < -0.4 is 16.2 Å². The summed E-state index contributed by atoms with van der Waals surface area (Å²) >= 11 is 11.1. The highest BCUT2D eigenvalue weighted by molar-refractivity contribution is 7.80. The molecular formula is C20H19ClN4O2S. The van der Waals surface area contributed by atoms with Crippen molar-refractivity contribution in [2.75, 3.05) is 5.32 Å². The van der Waals surface area contributed by atoms with E-state index in [0.29, 0.717) is 10.7 Å². The van der Waals surface area contributed by atoms with Gasteiger partial charge in [0.15, 0.2) is 5.11 Å². The molecule has 6 nitrogen and oxygen atoms in total. The number of fused-ring (bicyclic) bond motifs is 1. The van der Waals surface area contributed by atoms with Gasteiger partial charge in [0.2, 0.25) is 11.8 Å². The van der Waals surface area contributed by atoms with Crippen molar-refractivity contribution in [1.29, 1.82) is 0 Å². The van der Waals surface area contributed by atoms with Crippen LogP contribution in [0.2, 0.25) is 5.02 Å². The van der Waals surface area contributed by atoms with Crippen molar-refractivity contribution in [2.24, 2.45) is 0 Å². The third-order valence-electron chi connectivity index (χ3n) is 4.25. The zero-order chi connectivity index (χ0) is 20.1. The molecule has 1 aliphatic heterocycles. The van der Waals surface area contributed by atoms with Crippen LogP contribution in [-0.2, 0) is 9.59 Å². The molecule has 0 aromatic heterocycles. The Labute approximate surface area is 173 Å². The van der Waals surface area contributed by atoms with E-state index in [0.717, 1.165) is 11.1 Å². The largest absolute Gasteiger partial charge is 0.331 e. The first-order valence-corrected chi connectivity index (χ1v) is 9.40. The zero-order valence-electron chi connectivity index (χ0n) is 15.1. The molecule has 1 heterocycles. The lowest BCUT2D eigenvalue weighted by Crippen LogP contribution is -2.45. The number of nitrogens with zero attached hydrogens (tertiary/aromatic N) is 1. The Kier molecular flexibility index (Phi) is 6.28. The van der Waals surface area contributed by atoms with E-state index in [1.54, 1.807) is 35.4 Å². The second-order valence-corrected chi connectivity index (χ2v) is 7.07. The third kappa shape index (κ3) is 4.88. The van der Waals surface area contributed by atoms with Gasteiger partial charge in [-0.3, -0.25) is 20.4 Å². The van der Waals surface area contributed by atoms with Gasteiger partial charge in [0.05, 0.1) is 12.5 Å². The van der Waals surface area contributed by atoms with Crippen LogP contribution in [0.25, 0.3) is 6.08 Å². The van der Waals surface area contributed by atoms with Crippen LogP contribution in [0.5, 0.6) is 0 Å². The predicted octanol–water partition coefficient (Wildman–Crippen LogP) is 3.62. The minimum atomic E-state index is -0.380. The van der Waals surface area contributed by atoms with E-state index in [-0.39, 0.29) is 29.4 Å². The monoisotopic (exact) mass is 414 g/mol.